The van der Waals surface area contributed by atoms with Crippen molar-refractivity contribution in [3.8, 4) is 17.2 Å². The Balaban J connectivity index is 0.00000112. The zero-order valence-electron chi connectivity index (χ0n) is 9.09. The first-order valence-corrected chi connectivity index (χ1v) is 4.46. The molecule has 74 valence electrons. The van der Waals surface area contributed by atoms with Gasteiger partial charge in [0.25, 0.3) is 0 Å². The molecular formula is C13H10NNaO. The summed E-state index contributed by atoms with van der Waals surface area (Å²) in [5.74, 6) is 0. The Morgan fingerprint density at radius 1 is 0.812 bits per heavy atom. The molecule has 0 bridgehead atoms. The topological polar surface area (TPSA) is 53.8 Å². The fraction of sp³-hybridized carbons (Fsp3) is 0. The average molecular weight is 219 g/mol. The van der Waals surface area contributed by atoms with Crippen molar-refractivity contribution in [2.75, 3.05) is 0 Å². The second-order valence-electron chi connectivity index (χ2n) is 3.02. The monoisotopic (exact) mass is 219 g/mol. The van der Waals surface area contributed by atoms with Crippen LogP contribution >= 0.6 is 0 Å². The molecule has 0 saturated carbocycles. The molecule has 3 heteroatoms. The number of benzene rings is 2. The normalized spacial score (nSPS) is 8.19. The quantitative estimate of drug-likeness (QED) is 0.636. The maximum absolute atomic E-state index is 8.93. The van der Waals surface area contributed by atoms with Crippen LogP contribution in [-0.2, 0) is 0 Å². The Morgan fingerprint density at radius 2 is 1.38 bits per heavy atom. The molecule has 0 amide bonds. The molecule has 0 aromatic heterocycles. The van der Waals surface area contributed by atoms with E-state index in [2.05, 4.69) is 6.07 Å². The van der Waals surface area contributed by atoms with Crippen LogP contribution in [0.4, 0.5) is 0 Å². The SMILES string of the molecule is N#Cc1ccccc1-c1ccccc1.[Na+].[OH-]. The Hall–Kier alpha value is -1.11. The smallest absolute Gasteiger partial charge is 0.870 e. The van der Waals surface area contributed by atoms with Gasteiger partial charge in [-0.1, -0.05) is 48.5 Å². The largest absolute Gasteiger partial charge is 1.00 e. The van der Waals surface area contributed by atoms with Crippen molar-refractivity contribution in [1.82, 2.24) is 0 Å². The van der Waals surface area contributed by atoms with Crippen molar-refractivity contribution in [2.45, 2.75) is 0 Å². The van der Waals surface area contributed by atoms with Crippen LogP contribution in [0.5, 0.6) is 0 Å². The maximum Gasteiger partial charge on any atom is 1.00 e. The fourth-order valence-electron chi connectivity index (χ4n) is 1.45. The number of hydrogen-bond donors (Lipinski definition) is 0. The zero-order valence-corrected chi connectivity index (χ0v) is 11.1. The first kappa shape index (κ1) is 14.9. The summed E-state index contributed by atoms with van der Waals surface area (Å²) in [6.07, 6.45) is 0. The van der Waals surface area contributed by atoms with Crippen LogP contribution in [0, 0.1) is 11.3 Å². The maximum atomic E-state index is 8.93. The second-order valence-corrected chi connectivity index (χ2v) is 3.02. The van der Waals surface area contributed by atoms with E-state index in [-0.39, 0.29) is 35.0 Å². The molecule has 0 aliphatic carbocycles. The minimum Gasteiger partial charge on any atom is -0.870 e. The van der Waals surface area contributed by atoms with Crippen molar-refractivity contribution in [3.63, 3.8) is 0 Å². The zero-order chi connectivity index (χ0) is 9.80. The van der Waals surface area contributed by atoms with Gasteiger partial charge in [0.15, 0.2) is 0 Å². The molecule has 2 aromatic carbocycles. The third-order valence-electron chi connectivity index (χ3n) is 2.13. The van der Waals surface area contributed by atoms with Crippen molar-refractivity contribution < 1.29 is 35.0 Å². The molecule has 16 heavy (non-hydrogen) atoms. The molecule has 1 N–H and O–H groups in total. The molecule has 0 radical (unpaired) electrons. The van der Waals surface area contributed by atoms with Crippen molar-refractivity contribution in [3.05, 3.63) is 60.2 Å². The summed E-state index contributed by atoms with van der Waals surface area (Å²) in [6.45, 7) is 0. The van der Waals surface area contributed by atoms with Gasteiger partial charge in [0.2, 0.25) is 0 Å². The molecule has 0 saturated heterocycles. The first-order chi connectivity index (χ1) is 6.92. The van der Waals surface area contributed by atoms with E-state index >= 15 is 0 Å². The van der Waals surface area contributed by atoms with Crippen LogP contribution < -0.4 is 29.6 Å². The molecule has 0 atom stereocenters. The predicted octanol–water partition coefficient (Wildman–Crippen LogP) is 0.0525. The van der Waals surface area contributed by atoms with E-state index in [0.29, 0.717) is 0 Å². The van der Waals surface area contributed by atoms with Gasteiger partial charge in [-0.15, -0.1) is 0 Å². The standard InChI is InChI=1S/C13H9N.Na.H2O/c14-10-12-8-4-5-9-13(12)11-6-2-1-3-7-11;;/h1-9H;;1H2/q;+1;/p-1. The van der Waals surface area contributed by atoms with Gasteiger partial charge >= 0.3 is 29.6 Å². The molecule has 0 aliphatic rings. The van der Waals surface area contributed by atoms with Gasteiger partial charge in [0.05, 0.1) is 11.6 Å². The molecule has 0 aliphatic heterocycles. The Bertz CT molecular complexity index is 477. The van der Waals surface area contributed by atoms with E-state index in [1.807, 2.05) is 54.6 Å². The molecule has 2 nitrogen and oxygen atoms in total. The van der Waals surface area contributed by atoms with Crippen LogP contribution in [0.15, 0.2) is 54.6 Å². The number of nitriles is 1. The van der Waals surface area contributed by atoms with Crippen molar-refractivity contribution in [2.24, 2.45) is 0 Å². The summed E-state index contributed by atoms with van der Waals surface area (Å²) in [5.41, 5.74) is 2.80. The minimum atomic E-state index is 0. The summed E-state index contributed by atoms with van der Waals surface area (Å²) in [4.78, 5) is 0. The van der Waals surface area contributed by atoms with Crippen LogP contribution in [0.25, 0.3) is 11.1 Å². The molecule has 0 heterocycles. The third kappa shape index (κ3) is 3.19. The number of nitrogens with zero attached hydrogens (tertiary/aromatic N) is 1. The average Bonchev–Trinajstić information content (AvgIpc) is 2.30. The van der Waals surface area contributed by atoms with E-state index in [1.54, 1.807) is 0 Å². The van der Waals surface area contributed by atoms with Crippen molar-refractivity contribution in [1.29, 1.82) is 5.26 Å². The van der Waals surface area contributed by atoms with E-state index in [1.165, 1.54) is 0 Å². The van der Waals surface area contributed by atoms with Gasteiger partial charge in [0.1, 0.15) is 0 Å². The summed E-state index contributed by atoms with van der Waals surface area (Å²) < 4.78 is 0. The van der Waals surface area contributed by atoms with E-state index in [0.717, 1.165) is 16.7 Å². The third-order valence-corrected chi connectivity index (χ3v) is 2.13. The van der Waals surface area contributed by atoms with E-state index < -0.39 is 0 Å². The first-order valence-electron chi connectivity index (χ1n) is 4.46. The number of hydrogen-bond acceptors (Lipinski definition) is 2. The molecule has 0 fully saturated rings. The Labute approximate surface area is 117 Å². The van der Waals surface area contributed by atoms with Crippen molar-refractivity contribution >= 4 is 0 Å². The van der Waals surface area contributed by atoms with Gasteiger partial charge in [-0.05, 0) is 17.2 Å². The van der Waals surface area contributed by atoms with E-state index in [4.69, 9.17) is 5.26 Å². The van der Waals surface area contributed by atoms with Gasteiger partial charge < -0.3 is 5.48 Å². The summed E-state index contributed by atoms with van der Waals surface area (Å²) in [6, 6.07) is 19.8. The molecular weight excluding hydrogens is 209 g/mol. The second kappa shape index (κ2) is 7.21. The van der Waals surface area contributed by atoms with Crippen LogP contribution in [0.2, 0.25) is 0 Å². The van der Waals surface area contributed by atoms with Gasteiger partial charge in [-0.25, -0.2) is 0 Å². The Morgan fingerprint density at radius 3 is 2.00 bits per heavy atom. The van der Waals surface area contributed by atoms with Crippen LogP contribution in [-0.4, -0.2) is 5.48 Å². The molecule has 2 aromatic rings. The predicted molar refractivity (Wildman–Crippen MR) is 58.5 cm³/mol. The summed E-state index contributed by atoms with van der Waals surface area (Å²) in [7, 11) is 0. The van der Waals surface area contributed by atoms with Gasteiger partial charge in [-0.2, -0.15) is 5.26 Å². The molecule has 0 unspecified atom stereocenters. The van der Waals surface area contributed by atoms with Gasteiger partial charge in [-0.3, -0.25) is 0 Å². The van der Waals surface area contributed by atoms with Gasteiger partial charge in [0, 0.05) is 0 Å². The minimum absolute atomic E-state index is 0. The summed E-state index contributed by atoms with van der Waals surface area (Å²) >= 11 is 0. The molecule has 2 rings (SSSR count). The summed E-state index contributed by atoms with van der Waals surface area (Å²) in [5, 5.41) is 8.93. The number of rotatable bonds is 1. The van der Waals surface area contributed by atoms with Crippen LogP contribution in [0.1, 0.15) is 5.56 Å². The van der Waals surface area contributed by atoms with Crippen LogP contribution in [0.3, 0.4) is 0 Å². The molecule has 0 spiro atoms. The van der Waals surface area contributed by atoms with E-state index in [9.17, 15) is 0 Å². The Kier molecular flexibility index (Phi) is 6.71. The fourth-order valence-corrected chi connectivity index (χ4v) is 1.45.